The number of aromatic nitrogens is 1. The van der Waals surface area contributed by atoms with Crippen molar-refractivity contribution in [1.29, 1.82) is 0 Å². The van der Waals surface area contributed by atoms with E-state index in [-0.39, 0.29) is 0 Å². The zero-order valence-corrected chi connectivity index (χ0v) is 7.90. The van der Waals surface area contributed by atoms with E-state index in [1.54, 1.807) is 11.3 Å². The van der Waals surface area contributed by atoms with E-state index in [9.17, 15) is 0 Å². The number of rotatable bonds is 0. The first kappa shape index (κ1) is 7.55. The number of hydrogen-bond acceptors (Lipinski definition) is 3. The predicted molar refractivity (Wildman–Crippen MR) is 53.5 cm³/mol. The van der Waals surface area contributed by atoms with Crippen molar-refractivity contribution in [2.45, 2.75) is 13.8 Å². The summed E-state index contributed by atoms with van der Waals surface area (Å²) in [6.45, 7) is 4.21. The molecule has 0 saturated carbocycles. The van der Waals surface area contributed by atoms with Crippen molar-refractivity contribution >= 4 is 26.7 Å². The molecule has 0 aliphatic carbocycles. The molecule has 0 bridgehead atoms. The van der Waals surface area contributed by atoms with Gasteiger partial charge in [0, 0.05) is 0 Å². The lowest BCUT2D eigenvalue weighted by Crippen LogP contribution is -1.80. The Balaban J connectivity index is 2.89. The van der Waals surface area contributed by atoms with Crippen molar-refractivity contribution in [3.8, 4) is 0 Å². The Labute approximate surface area is 75.0 Å². The topological polar surface area (TPSA) is 38.9 Å². The molecule has 3 heteroatoms. The van der Waals surface area contributed by atoms with Gasteiger partial charge in [0.15, 0.2) is 5.13 Å². The second kappa shape index (κ2) is 2.45. The van der Waals surface area contributed by atoms with Crippen molar-refractivity contribution in [3.63, 3.8) is 0 Å². The Kier molecular flexibility index (Phi) is 1.54. The van der Waals surface area contributed by atoms with Gasteiger partial charge in [0.05, 0.1) is 10.2 Å². The highest BCUT2D eigenvalue weighted by Crippen LogP contribution is 2.28. The summed E-state index contributed by atoms with van der Waals surface area (Å²) in [5, 5.41) is 0.652. The summed E-state index contributed by atoms with van der Waals surface area (Å²) < 4.78 is 1.22. The van der Waals surface area contributed by atoms with Gasteiger partial charge in [-0.25, -0.2) is 4.98 Å². The van der Waals surface area contributed by atoms with Crippen LogP contribution < -0.4 is 5.73 Å². The highest BCUT2D eigenvalue weighted by molar-refractivity contribution is 7.22. The second-order valence-corrected chi connectivity index (χ2v) is 3.94. The van der Waals surface area contributed by atoms with Gasteiger partial charge < -0.3 is 5.73 Å². The third kappa shape index (κ3) is 0.975. The van der Waals surface area contributed by atoms with Gasteiger partial charge in [0.2, 0.25) is 0 Å². The van der Waals surface area contributed by atoms with Gasteiger partial charge in [-0.05, 0) is 31.0 Å². The first-order chi connectivity index (χ1) is 5.68. The fraction of sp³-hybridized carbons (Fsp3) is 0.222. The van der Waals surface area contributed by atoms with Gasteiger partial charge in [-0.2, -0.15) is 0 Å². The summed E-state index contributed by atoms with van der Waals surface area (Å²) in [4.78, 5) is 4.21. The highest BCUT2D eigenvalue weighted by atomic mass is 32.1. The van der Waals surface area contributed by atoms with E-state index in [0.29, 0.717) is 5.13 Å². The van der Waals surface area contributed by atoms with Crippen LogP contribution in [0.3, 0.4) is 0 Å². The molecule has 2 nitrogen and oxygen atoms in total. The van der Waals surface area contributed by atoms with E-state index >= 15 is 0 Å². The Morgan fingerprint density at radius 1 is 1.33 bits per heavy atom. The molecule has 0 aliphatic heterocycles. The maximum atomic E-state index is 5.62. The number of nitrogen functional groups attached to an aromatic ring is 1. The molecule has 0 saturated heterocycles. The average Bonchev–Trinajstić information content (AvgIpc) is 2.39. The number of benzene rings is 1. The maximum Gasteiger partial charge on any atom is 0.181 e. The Bertz CT molecular complexity index is 431. The van der Waals surface area contributed by atoms with E-state index in [1.807, 2.05) is 6.07 Å². The number of nitrogens with two attached hydrogens (primary N) is 1. The molecule has 1 heterocycles. The second-order valence-electron chi connectivity index (χ2n) is 2.91. The van der Waals surface area contributed by atoms with Crippen LogP contribution >= 0.6 is 11.3 Å². The standard InChI is InChI=1S/C9H10N2S/c1-5-3-4-7-8(6(5)2)12-9(10)11-7/h3-4H,1-2H3,(H2,10,11). The van der Waals surface area contributed by atoms with E-state index in [1.165, 1.54) is 15.8 Å². The summed E-state index contributed by atoms with van der Waals surface area (Å²) in [6, 6.07) is 4.10. The largest absolute Gasteiger partial charge is 0.375 e. The number of anilines is 1. The smallest absolute Gasteiger partial charge is 0.181 e. The minimum Gasteiger partial charge on any atom is -0.375 e. The summed E-state index contributed by atoms with van der Waals surface area (Å²) in [5.41, 5.74) is 9.22. The van der Waals surface area contributed by atoms with Gasteiger partial charge >= 0.3 is 0 Å². The maximum absolute atomic E-state index is 5.62. The molecular weight excluding hydrogens is 168 g/mol. The number of thiazole rings is 1. The molecule has 0 fully saturated rings. The Morgan fingerprint density at radius 3 is 2.83 bits per heavy atom. The molecular formula is C9H10N2S. The quantitative estimate of drug-likeness (QED) is 0.673. The number of aryl methyl sites for hydroxylation is 2. The fourth-order valence-corrected chi connectivity index (χ4v) is 2.12. The monoisotopic (exact) mass is 178 g/mol. The van der Waals surface area contributed by atoms with Gasteiger partial charge in [0.25, 0.3) is 0 Å². The van der Waals surface area contributed by atoms with Crippen molar-refractivity contribution in [2.75, 3.05) is 5.73 Å². The van der Waals surface area contributed by atoms with Crippen LogP contribution in [0.5, 0.6) is 0 Å². The molecule has 0 unspecified atom stereocenters. The Hall–Kier alpha value is -1.09. The summed E-state index contributed by atoms with van der Waals surface area (Å²) in [5.74, 6) is 0. The van der Waals surface area contributed by atoms with Gasteiger partial charge in [0.1, 0.15) is 0 Å². The summed E-state index contributed by atoms with van der Waals surface area (Å²) in [6.07, 6.45) is 0. The zero-order chi connectivity index (χ0) is 8.72. The molecule has 1 aromatic carbocycles. The molecule has 0 radical (unpaired) electrons. The number of nitrogens with zero attached hydrogens (tertiary/aromatic N) is 1. The molecule has 0 amide bonds. The van der Waals surface area contributed by atoms with Crippen molar-refractivity contribution in [2.24, 2.45) is 0 Å². The average molecular weight is 178 g/mol. The van der Waals surface area contributed by atoms with Crippen LogP contribution in [0.1, 0.15) is 11.1 Å². The molecule has 12 heavy (non-hydrogen) atoms. The molecule has 2 N–H and O–H groups in total. The molecule has 2 rings (SSSR count). The zero-order valence-electron chi connectivity index (χ0n) is 7.09. The predicted octanol–water partition coefficient (Wildman–Crippen LogP) is 2.50. The van der Waals surface area contributed by atoms with Gasteiger partial charge in [-0.1, -0.05) is 17.4 Å². The first-order valence-corrected chi connectivity index (χ1v) is 4.62. The molecule has 0 atom stereocenters. The number of fused-ring (bicyclic) bond motifs is 1. The molecule has 1 aromatic heterocycles. The van der Waals surface area contributed by atoms with E-state index in [2.05, 4.69) is 24.9 Å². The SMILES string of the molecule is Cc1ccc2nc(N)sc2c1C. The number of hydrogen-bond donors (Lipinski definition) is 1. The molecule has 0 spiro atoms. The van der Waals surface area contributed by atoms with Crippen molar-refractivity contribution < 1.29 is 0 Å². The Morgan fingerprint density at radius 2 is 2.08 bits per heavy atom. The molecule has 2 aromatic rings. The van der Waals surface area contributed by atoms with Crippen molar-refractivity contribution in [3.05, 3.63) is 23.3 Å². The van der Waals surface area contributed by atoms with E-state index in [0.717, 1.165) is 5.52 Å². The van der Waals surface area contributed by atoms with Crippen LogP contribution in [0.4, 0.5) is 5.13 Å². The normalized spacial score (nSPS) is 10.8. The van der Waals surface area contributed by atoms with Gasteiger partial charge in [-0.15, -0.1) is 0 Å². The van der Waals surface area contributed by atoms with E-state index in [4.69, 9.17) is 5.73 Å². The third-order valence-electron chi connectivity index (χ3n) is 2.09. The van der Waals surface area contributed by atoms with Crippen molar-refractivity contribution in [1.82, 2.24) is 4.98 Å². The van der Waals surface area contributed by atoms with Crippen LogP contribution in [0.15, 0.2) is 12.1 Å². The lowest BCUT2D eigenvalue weighted by molar-refractivity contribution is 1.38. The van der Waals surface area contributed by atoms with Crippen LogP contribution in [0.2, 0.25) is 0 Å². The third-order valence-corrected chi connectivity index (χ3v) is 3.11. The van der Waals surface area contributed by atoms with Crippen LogP contribution in [-0.2, 0) is 0 Å². The molecule has 62 valence electrons. The first-order valence-electron chi connectivity index (χ1n) is 3.80. The summed E-state index contributed by atoms with van der Waals surface area (Å²) in [7, 11) is 0. The minimum atomic E-state index is 0.652. The van der Waals surface area contributed by atoms with Crippen LogP contribution in [0, 0.1) is 13.8 Å². The highest BCUT2D eigenvalue weighted by Gasteiger charge is 2.04. The fourth-order valence-electron chi connectivity index (χ4n) is 1.24. The lowest BCUT2D eigenvalue weighted by Gasteiger charge is -1.97. The minimum absolute atomic E-state index is 0.652. The van der Waals surface area contributed by atoms with Crippen LogP contribution in [-0.4, -0.2) is 4.98 Å². The van der Waals surface area contributed by atoms with Gasteiger partial charge in [-0.3, -0.25) is 0 Å². The van der Waals surface area contributed by atoms with Crippen LogP contribution in [0.25, 0.3) is 10.2 Å². The summed E-state index contributed by atoms with van der Waals surface area (Å²) >= 11 is 1.56. The van der Waals surface area contributed by atoms with E-state index < -0.39 is 0 Å². The lowest BCUT2D eigenvalue weighted by atomic mass is 10.1. The molecule has 0 aliphatic rings.